The Labute approximate surface area is 143 Å². The van der Waals surface area contributed by atoms with Crippen LogP contribution in [-0.4, -0.2) is 22.7 Å². The summed E-state index contributed by atoms with van der Waals surface area (Å²) in [6.07, 6.45) is 5.70. The van der Waals surface area contributed by atoms with Crippen LogP contribution < -0.4 is 15.4 Å². The lowest BCUT2D eigenvalue weighted by molar-refractivity contribution is 0.242. The molecule has 0 aliphatic rings. The maximum Gasteiger partial charge on any atom is 0.170 e. The van der Waals surface area contributed by atoms with Crippen molar-refractivity contribution in [3.8, 4) is 5.75 Å². The van der Waals surface area contributed by atoms with Crippen molar-refractivity contribution in [2.45, 2.75) is 32.8 Å². The smallest absolute Gasteiger partial charge is 0.170 e. The van der Waals surface area contributed by atoms with Crippen molar-refractivity contribution < 1.29 is 4.74 Å². The average Bonchev–Trinajstić information content (AvgIpc) is 2.53. The number of thiocarbonyl (C=S) groups is 1. The predicted molar refractivity (Wildman–Crippen MR) is 99.0 cm³/mol. The Morgan fingerprint density at radius 1 is 1.22 bits per heavy atom. The molecule has 0 saturated carbocycles. The number of ether oxygens (including phenoxy) is 1. The van der Waals surface area contributed by atoms with E-state index in [1.165, 1.54) is 5.56 Å². The van der Waals surface area contributed by atoms with Gasteiger partial charge in [-0.05, 0) is 68.7 Å². The zero-order chi connectivity index (χ0) is 16.5. The van der Waals surface area contributed by atoms with Crippen LogP contribution in [0.1, 0.15) is 25.8 Å². The van der Waals surface area contributed by atoms with Crippen LogP contribution in [0.25, 0.3) is 0 Å². The Morgan fingerprint density at radius 2 is 2.00 bits per heavy atom. The first kappa shape index (κ1) is 17.2. The molecule has 2 aromatic rings. The van der Waals surface area contributed by atoms with Gasteiger partial charge in [-0.15, -0.1) is 0 Å². The fourth-order valence-electron chi connectivity index (χ4n) is 2.11. The molecule has 0 aliphatic heterocycles. The van der Waals surface area contributed by atoms with Crippen LogP contribution in [0.4, 0.5) is 5.69 Å². The Morgan fingerprint density at radius 3 is 2.65 bits per heavy atom. The molecule has 2 rings (SSSR count). The van der Waals surface area contributed by atoms with Gasteiger partial charge < -0.3 is 15.4 Å². The van der Waals surface area contributed by atoms with Crippen LogP contribution in [0.2, 0.25) is 0 Å². The van der Waals surface area contributed by atoms with E-state index in [9.17, 15) is 0 Å². The second-order valence-electron chi connectivity index (χ2n) is 5.54. The lowest BCUT2D eigenvalue weighted by Crippen LogP contribution is -2.29. The molecule has 0 bridgehead atoms. The van der Waals surface area contributed by atoms with Crippen LogP contribution in [0.15, 0.2) is 48.8 Å². The predicted octanol–water partition coefficient (Wildman–Crippen LogP) is 3.79. The second-order valence-corrected chi connectivity index (χ2v) is 5.94. The Hall–Kier alpha value is -2.14. The highest BCUT2D eigenvalue weighted by molar-refractivity contribution is 7.80. The largest absolute Gasteiger partial charge is 0.491 e. The molecule has 23 heavy (non-hydrogen) atoms. The topological polar surface area (TPSA) is 46.2 Å². The van der Waals surface area contributed by atoms with Gasteiger partial charge in [-0.2, -0.15) is 0 Å². The number of aromatic nitrogens is 1. The molecule has 0 saturated heterocycles. The monoisotopic (exact) mass is 329 g/mol. The normalized spacial score (nSPS) is 10.4. The number of anilines is 1. The van der Waals surface area contributed by atoms with E-state index in [4.69, 9.17) is 17.0 Å². The van der Waals surface area contributed by atoms with Gasteiger partial charge in [-0.1, -0.05) is 12.1 Å². The zero-order valence-corrected chi connectivity index (χ0v) is 14.4. The van der Waals surface area contributed by atoms with Gasteiger partial charge in [0.2, 0.25) is 0 Å². The summed E-state index contributed by atoms with van der Waals surface area (Å²) >= 11 is 5.26. The van der Waals surface area contributed by atoms with Crippen LogP contribution in [0.5, 0.6) is 5.75 Å². The number of nitrogens with zero attached hydrogens (tertiary/aromatic N) is 1. The third kappa shape index (κ3) is 6.65. The van der Waals surface area contributed by atoms with Crippen molar-refractivity contribution in [3.05, 3.63) is 54.4 Å². The molecule has 0 fully saturated rings. The Balaban J connectivity index is 1.66. The first-order valence-corrected chi connectivity index (χ1v) is 8.25. The van der Waals surface area contributed by atoms with Crippen LogP contribution in [-0.2, 0) is 6.42 Å². The van der Waals surface area contributed by atoms with E-state index in [2.05, 4.69) is 27.8 Å². The molecule has 4 nitrogen and oxygen atoms in total. The molecular formula is C18H23N3OS. The number of aryl methyl sites for hydroxylation is 1. The molecular weight excluding hydrogens is 306 g/mol. The summed E-state index contributed by atoms with van der Waals surface area (Å²) in [6.45, 7) is 4.89. The summed E-state index contributed by atoms with van der Waals surface area (Å²) < 4.78 is 5.64. The summed E-state index contributed by atoms with van der Waals surface area (Å²) in [5, 5.41) is 6.94. The summed E-state index contributed by atoms with van der Waals surface area (Å²) in [4.78, 5) is 4.04. The van der Waals surface area contributed by atoms with Gasteiger partial charge in [0.15, 0.2) is 5.11 Å². The van der Waals surface area contributed by atoms with Crippen molar-refractivity contribution in [2.24, 2.45) is 0 Å². The quantitative estimate of drug-likeness (QED) is 0.598. The number of hydrogen-bond donors (Lipinski definition) is 2. The summed E-state index contributed by atoms with van der Waals surface area (Å²) in [6, 6.07) is 12.1. The fraction of sp³-hybridized carbons (Fsp3) is 0.333. The molecule has 0 spiro atoms. The SMILES string of the molecule is CC(C)Oc1ccc(CCCNC(=S)Nc2cccnc2)cc1. The van der Waals surface area contributed by atoms with E-state index in [0.29, 0.717) is 5.11 Å². The highest BCUT2D eigenvalue weighted by atomic mass is 32.1. The molecule has 0 radical (unpaired) electrons. The summed E-state index contributed by atoms with van der Waals surface area (Å²) in [5.41, 5.74) is 2.19. The average molecular weight is 329 g/mol. The van der Waals surface area contributed by atoms with Crippen LogP contribution in [0, 0.1) is 0 Å². The van der Waals surface area contributed by atoms with Gasteiger partial charge in [0.05, 0.1) is 18.0 Å². The lowest BCUT2D eigenvalue weighted by Gasteiger charge is -2.11. The number of benzene rings is 1. The molecule has 0 unspecified atom stereocenters. The van der Waals surface area contributed by atoms with Crippen molar-refractivity contribution >= 4 is 23.0 Å². The maximum absolute atomic E-state index is 5.64. The van der Waals surface area contributed by atoms with Crippen molar-refractivity contribution in [1.82, 2.24) is 10.3 Å². The van der Waals surface area contributed by atoms with Crippen molar-refractivity contribution in [2.75, 3.05) is 11.9 Å². The van der Waals surface area contributed by atoms with Crippen LogP contribution in [0.3, 0.4) is 0 Å². The van der Waals surface area contributed by atoms with E-state index >= 15 is 0 Å². The van der Waals surface area contributed by atoms with Crippen LogP contribution >= 0.6 is 12.2 Å². The second kappa shape index (κ2) is 9.10. The third-order valence-electron chi connectivity index (χ3n) is 3.14. The minimum Gasteiger partial charge on any atom is -0.491 e. The lowest BCUT2D eigenvalue weighted by atomic mass is 10.1. The van der Waals surface area contributed by atoms with E-state index in [0.717, 1.165) is 30.8 Å². The highest BCUT2D eigenvalue weighted by Crippen LogP contribution is 2.14. The van der Waals surface area contributed by atoms with Crippen molar-refractivity contribution in [1.29, 1.82) is 0 Å². The maximum atomic E-state index is 5.64. The molecule has 0 atom stereocenters. The minimum absolute atomic E-state index is 0.207. The van der Waals surface area contributed by atoms with Gasteiger partial charge in [0.1, 0.15) is 5.75 Å². The Bertz CT molecular complexity index is 599. The molecule has 1 aromatic heterocycles. The third-order valence-corrected chi connectivity index (χ3v) is 3.39. The Kier molecular flexibility index (Phi) is 6.81. The highest BCUT2D eigenvalue weighted by Gasteiger charge is 2.00. The first-order valence-electron chi connectivity index (χ1n) is 7.84. The summed E-state index contributed by atoms with van der Waals surface area (Å²) in [5.74, 6) is 0.920. The van der Waals surface area contributed by atoms with Gasteiger partial charge >= 0.3 is 0 Å². The van der Waals surface area contributed by atoms with Gasteiger partial charge in [0.25, 0.3) is 0 Å². The fourth-order valence-corrected chi connectivity index (χ4v) is 2.33. The number of hydrogen-bond acceptors (Lipinski definition) is 3. The van der Waals surface area contributed by atoms with Crippen molar-refractivity contribution in [3.63, 3.8) is 0 Å². The number of pyridine rings is 1. The molecule has 122 valence electrons. The van der Waals surface area contributed by atoms with E-state index in [1.807, 2.05) is 38.1 Å². The van der Waals surface area contributed by atoms with E-state index in [-0.39, 0.29) is 6.10 Å². The molecule has 2 N–H and O–H groups in total. The molecule has 1 aromatic carbocycles. The van der Waals surface area contributed by atoms with Gasteiger partial charge in [-0.25, -0.2) is 0 Å². The van der Waals surface area contributed by atoms with E-state index < -0.39 is 0 Å². The minimum atomic E-state index is 0.207. The summed E-state index contributed by atoms with van der Waals surface area (Å²) in [7, 11) is 0. The van der Waals surface area contributed by atoms with E-state index in [1.54, 1.807) is 12.4 Å². The van der Waals surface area contributed by atoms with Gasteiger partial charge in [0, 0.05) is 12.7 Å². The number of nitrogens with one attached hydrogen (secondary N) is 2. The zero-order valence-electron chi connectivity index (χ0n) is 13.6. The first-order chi connectivity index (χ1) is 11.1. The molecule has 0 aliphatic carbocycles. The standard InChI is InChI=1S/C18H23N3OS/c1-14(2)22-17-9-7-15(8-10-17)5-3-12-20-18(23)21-16-6-4-11-19-13-16/h4,6-11,13-14H,3,5,12H2,1-2H3,(H2,20,21,23). The molecule has 1 heterocycles. The number of rotatable bonds is 7. The molecule has 5 heteroatoms. The molecule has 0 amide bonds. The van der Waals surface area contributed by atoms with Gasteiger partial charge in [-0.3, -0.25) is 4.98 Å².